The number of ether oxygens (including phenoxy) is 1. The number of methoxy groups -OCH3 is 1. The Bertz CT molecular complexity index is 425. The lowest BCUT2D eigenvalue weighted by atomic mass is 9.72. The Morgan fingerprint density at radius 2 is 1.81 bits per heavy atom. The van der Waals surface area contributed by atoms with Gasteiger partial charge in [-0.25, -0.2) is 0 Å². The highest BCUT2D eigenvalue weighted by Gasteiger charge is 2.33. The van der Waals surface area contributed by atoms with Crippen LogP contribution in [-0.4, -0.2) is 19.7 Å². The summed E-state index contributed by atoms with van der Waals surface area (Å²) in [5, 5.41) is 4.41. The van der Waals surface area contributed by atoms with Gasteiger partial charge < -0.3 is 10.1 Å². The van der Waals surface area contributed by atoms with Gasteiger partial charge in [-0.2, -0.15) is 0 Å². The van der Waals surface area contributed by atoms with Crippen molar-refractivity contribution in [3.05, 3.63) is 28.8 Å². The first-order valence-corrected chi connectivity index (χ1v) is 8.44. The lowest BCUT2D eigenvalue weighted by Crippen LogP contribution is -2.41. The van der Waals surface area contributed by atoms with Gasteiger partial charge >= 0.3 is 0 Å². The summed E-state index contributed by atoms with van der Waals surface area (Å²) in [6, 6.07) is 6.46. The lowest BCUT2D eigenvalue weighted by Gasteiger charge is -2.36. The van der Waals surface area contributed by atoms with Crippen molar-refractivity contribution >= 4 is 11.6 Å². The first-order chi connectivity index (χ1) is 9.99. The van der Waals surface area contributed by atoms with E-state index in [0.29, 0.717) is 6.04 Å². The molecule has 0 unspecified atom stereocenters. The summed E-state index contributed by atoms with van der Waals surface area (Å²) in [5.74, 6) is 0.951. The van der Waals surface area contributed by atoms with Crippen molar-refractivity contribution < 1.29 is 4.74 Å². The van der Waals surface area contributed by atoms with E-state index in [4.69, 9.17) is 16.3 Å². The van der Waals surface area contributed by atoms with Crippen LogP contribution < -0.4 is 10.1 Å². The monoisotopic (exact) mass is 311 g/mol. The van der Waals surface area contributed by atoms with Gasteiger partial charge in [-0.15, -0.1) is 0 Å². The Labute approximate surface area is 135 Å². The first-order valence-electron chi connectivity index (χ1n) is 8.06. The first kappa shape index (κ1) is 18.3. The van der Waals surface area contributed by atoms with Gasteiger partial charge in [-0.05, 0) is 31.0 Å². The highest BCUT2D eigenvalue weighted by atomic mass is 35.5. The topological polar surface area (TPSA) is 21.3 Å². The average molecular weight is 312 g/mol. The quantitative estimate of drug-likeness (QED) is 0.678. The lowest BCUT2D eigenvalue weighted by molar-refractivity contribution is 0.308. The normalized spacial score (nSPS) is 12.0. The molecule has 0 amide bonds. The molecule has 1 rings (SSSR count). The molecular formula is C18H30ClNO. The highest BCUT2D eigenvalue weighted by Crippen LogP contribution is 2.40. The minimum Gasteiger partial charge on any atom is -0.496 e. The second kappa shape index (κ2) is 8.65. The summed E-state index contributed by atoms with van der Waals surface area (Å²) in [5.41, 5.74) is 1.33. The van der Waals surface area contributed by atoms with Crippen LogP contribution in [0.2, 0.25) is 5.02 Å². The molecule has 120 valence electrons. The molecule has 2 nitrogen and oxygen atoms in total. The predicted octanol–water partition coefficient (Wildman–Crippen LogP) is 5.18. The van der Waals surface area contributed by atoms with Crippen molar-refractivity contribution in [1.29, 1.82) is 0 Å². The molecule has 0 bridgehead atoms. The van der Waals surface area contributed by atoms with Crippen molar-refractivity contribution in [3.63, 3.8) is 0 Å². The molecule has 1 N–H and O–H groups in total. The maximum atomic E-state index is 6.27. The van der Waals surface area contributed by atoms with Crippen molar-refractivity contribution in [2.75, 3.05) is 13.7 Å². The fourth-order valence-corrected chi connectivity index (χ4v) is 3.29. The van der Waals surface area contributed by atoms with Crippen LogP contribution in [0.4, 0.5) is 0 Å². The van der Waals surface area contributed by atoms with E-state index in [9.17, 15) is 0 Å². The third kappa shape index (κ3) is 4.89. The molecule has 0 heterocycles. The molecule has 0 spiro atoms. The van der Waals surface area contributed by atoms with Crippen LogP contribution in [0.1, 0.15) is 58.9 Å². The number of hydrogen-bond donors (Lipinski definition) is 1. The Morgan fingerprint density at radius 1 is 1.19 bits per heavy atom. The number of nitrogens with one attached hydrogen (secondary N) is 1. The molecule has 3 heteroatoms. The van der Waals surface area contributed by atoms with Crippen LogP contribution in [0.3, 0.4) is 0 Å². The van der Waals surface area contributed by atoms with E-state index in [2.05, 4.69) is 39.1 Å². The van der Waals surface area contributed by atoms with Crippen molar-refractivity contribution in [1.82, 2.24) is 5.32 Å². The maximum absolute atomic E-state index is 6.27. The van der Waals surface area contributed by atoms with E-state index in [1.165, 1.54) is 5.56 Å². The number of halogens is 1. The summed E-state index contributed by atoms with van der Waals surface area (Å²) in [4.78, 5) is 0. The zero-order valence-corrected chi connectivity index (χ0v) is 14.9. The fraction of sp³-hybridized carbons (Fsp3) is 0.667. The molecule has 0 aliphatic carbocycles. The Balaban J connectivity index is 3.28. The smallest absolute Gasteiger partial charge is 0.122 e. The fourth-order valence-electron chi connectivity index (χ4n) is 3.12. The standard InChI is InChI=1S/C18H30ClNO/c1-6-10-18(11-7-2,13-20-14(3)4)16-12-15(19)8-9-17(16)21-5/h8-9,12,14,20H,6-7,10-11,13H2,1-5H3. The molecule has 0 atom stereocenters. The summed E-state index contributed by atoms with van der Waals surface area (Å²) in [6.07, 6.45) is 4.57. The van der Waals surface area contributed by atoms with Crippen LogP contribution in [0.25, 0.3) is 0 Å². The van der Waals surface area contributed by atoms with Crippen molar-refractivity contribution in [3.8, 4) is 5.75 Å². The number of rotatable bonds is 9. The summed E-state index contributed by atoms with van der Waals surface area (Å²) in [6.45, 7) is 9.84. The summed E-state index contributed by atoms with van der Waals surface area (Å²) >= 11 is 6.27. The predicted molar refractivity (Wildman–Crippen MR) is 92.6 cm³/mol. The van der Waals surface area contributed by atoms with Gasteiger partial charge in [0, 0.05) is 28.6 Å². The minimum absolute atomic E-state index is 0.0873. The molecular weight excluding hydrogens is 282 g/mol. The molecule has 0 saturated heterocycles. The van der Waals surface area contributed by atoms with Gasteiger partial charge in [-0.3, -0.25) is 0 Å². The molecule has 0 saturated carbocycles. The largest absolute Gasteiger partial charge is 0.496 e. The van der Waals surface area contributed by atoms with E-state index in [1.54, 1.807) is 7.11 Å². The summed E-state index contributed by atoms with van der Waals surface area (Å²) < 4.78 is 5.62. The Kier molecular flexibility index (Phi) is 7.55. The van der Waals surface area contributed by atoms with Crippen molar-refractivity contribution in [2.45, 2.75) is 64.8 Å². The van der Waals surface area contributed by atoms with Gasteiger partial charge in [-0.1, -0.05) is 52.1 Å². The van der Waals surface area contributed by atoms with Gasteiger partial charge in [0.1, 0.15) is 5.75 Å². The zero-order chi connectivity index (χ0) is 15.9. The molecule has 0 aromatic heterocycles. The van der Waals surface area contributed by atoms with Gasteiger partial charge in [0.15, 0.2) is 0 Å². The Hall–Kier alpha value is -0.730. The number of benzene rings is 1. The molecule has 0 radical (unpaired) electrons. The van der Waals surface area contributed by atoms with Crippen LogP contribution in [0.5, 0.6) is 5.75 Å². The molecule has 1 aromatic rings. The minimum atomic E-state index is 0.0873. The summed E-state index contributed by atoms with van der Waals surface area (Å²) in [7, 11) is 1.74. The van der Waals surface area contributed by atoms with Crippen LogP contribution in [-0.2, 0) is 5.41 Å². The van der Waals surface area contributed by atoms with E-state index in [-0.39, 0.29) is 5.41 Å². The molecule has 21 heavy (non-hydrogen) atoms. The molecule has 0 aliphatic heterocycles. The van der Waals surface area contributed by atoms with Crippen molar-refractivity contribution in [2.24, 2.45) is 0 Å². The van der Waals surface area contributed by atoms with Gasteiger partial charge in [0.25, 0.3) is 0 Å². The van der Waals surface area contributed by atoms with E-state index < -0.39 is 0 Å². The second-order valence-electron chi connectivity index (χ2n) is 6.16. The molecule has 1 aromatic carbocycles. The SMILES string of the molecule is CCCC(CCC)(CNC(C)C)c1cc(Cl)ccc1OC. The highest BCUT2D eigenvalue weighted by molar-refractivity contribution is 6.30. The van der Waals surface area contributed by atoms with E-state index in [1.807, 2.05) is 12.1 Å². The van der Waals surface area contributed by atoms with Crippen LogP contribution in [0.15, 0.2) is 18.2 Å². The average Bonchev–Trinajstić information content (AvgIpc) is 2.45. The van der Waals surface area contributed by atoms with Gasteiger partial charge in [0.2, 0.25) is 0 Å². The van der Waals surface area contributed by atoms with E-state index >= 15 is 0 Å². The molecule has 0 aliphatic rings. The third-order valence-electron chi connectivity index (χ3n) is 4.04. The zero-order valence-electron chi connectivity index (χ0n) is 14.1. The van der Waals surface area contributed by atoms with E-state index in [0.717, 1.165) is 43.0 Å². The van der Waals surface area contributed by atoms with Crippen LogP contribution in [0, 0.1) is 0 Å². The third-order valence-corrected chi connectivity index (χ3v) is 4.27. The second-order valence-corrected chi connectivity index (χ2v) is 6.60. The van der Waals surface area contributed by atoms with Gasteiger partial charge in [0.05, 0.1) is 7.11 Å². The van der Waals surface area contributed by atoms with Crippen LogP contribution >= 0.6 is 11.6 Å². The number of hydrogen-bond acceptors (Lipinski definition) is 2. The molecule has 0 fully saturated rings. The maximum Gasteiger partial charge on any atom is 0.122 e. The Morgan fingerprint density at radius 3 is 2.29 bits per heavy atom.